The smallest absolute Gasteiger partial charge is 0.286 e. The van der Waals surface area contributed by atoms with E-state index in [1.807, 2.05) is 35.7 Å². The summed E-state index contributed by atoms with van der Waals surface area (Å²) in [5.74, 6) is 0. The van der Waals surface area contributed by atoms with Gasteiger partial charge in [-0.2, -0.15) is 9.80 Å². The molecule has 0 saturated heterocycles. The number of hydrogen-bond acceptors (Lipinski definition) is 9. The van der Waals surface area contributed by atoms with E-state index in [2.05, 4.69) is 20.3 Å². The fourth-order valence-corrected chi connectivity index (χ4v) is 4.47. The highest BCUT2D eigenvalue weighted by atomic mass is 32.1. The van der Waals surface area contributed by atoms with Crippen molar-refractivity contribution in [2.75, 3.05) is 0 Å². The van der Waals surface area contributed by atoms with Crippen LogP contribution in [0.2, 0.25) is 0 Å². The van der Waals surface area contributed by atoms with Crippen molar-refractivity contribution in [1.29, 1.82) is 0 Å². The van der Waals surface area contributed by atoms with Crippen molar-refractivity contribution in [3.8, 4) is 27.6 Å². The first-order chi connectivity index (χ1) is 18.3. The number of non-ortho nitro benzene ring substituents is 1. The van der Waals surface area contributed by atoms with Gasteiger partial charge in [0.25, 0.3) is 11.4 Å². The van der Waals surface area contributed by atoms with Gasteiger partial charge < -0.3 is 0 Å². The quantitative estimate of drug-likeness (QED) is 0.144. The summed E-state index contributed by atoms with van der Waals surface area (Å²) in [6.45, 7) is 1.61. The second kappa shape index (κ2) is 9.99. The molecular weight excluding hydrogens is 510 g/mol. The summed E-state index contributed by atoms with van der Waals surface area (Å²) in [5, 5.41) is 35.8. The molecule has 0 fully saturated rings. The van der Waals surface area contributed by atoms with E-state index < -0.39 is 15.4 Å². The lowest BCUT2D eigenvalue weighted by Crippen LogP contribution is -2.13. The minimum Gasteiger partial charge on any atom is -0.286 e. The molecule has 188 valence electrons. The number of thiazole rings is 1. The van der Waals surface area contributed by atoms with Gasteiger partial charge in [0, 0.05) is 40.3 Å². The third-order valence-corrected chi connectivity index (χ3v) is 6.47. The lowest BCUT2D eigenvalue weighted by atomic mass is 10.1. The Labute approximate surface area is 217 Å². The van der Waals surface area contributed by atoms with Crippen molar-refractivity contribution >= 4 is 34.1 Å². The van der Waals surface area contributed by atoms with Gasteiger partial charge in [0.15, 0.2) is 5.69 Å². The van der Waals surface area contributed by atoms with Crippen molar-refractivity contribution < 1.29 is 9.85 Å². The topological polar surface area (TPSA) is 162 Å². The second-order valence-corrected chi connectivity index (χ2v) is 8.93. The Morgan fingerprint density at radius 1 is 0.921 bits per heavy atom. The molecular formula is C25H17N7O5S. The molecule has 0 saturated carbocycles. The Hall–Kier alpha value is -5.30. The summed E-state index contributed by atoms with van der Waals surface area (Å²) in [4.78, 5) is 39.4. The molecule has 12 nitrogen and oxygen atoms in total. The number of rotatable bonds is 7. The highest BCUT2D eigenvalue weighted by molar-refractivity contribution is 7.12. The van der Waals surface area contributed by atoms with Gasteiger partial charge in [-0.25, -0.2) is 4.98 Å². The molecule has 0 amide bonds. The molecule has 1 N–H and O–H groups in total. The van der Waals surface area contributed by atoms with Crippen LogP contribution in [-0.4, -0.2) is 24.6 Å². The highest BCUT2D eigenvalue weighted by Gasteiger charge is 2.20. The van der Waals surface area contributed by atoms with Crippen molar-refractivity contribution in [1.82, 2.24) is 14.8 Å². The zero-order valence-corrected chi connectivity index (χ0v) is 20.5. The normalized spacial score (nSPS) is 11.2. The number of hydrogen-bond donors (Lipinski definition) is 1. The summed E-state index contributed by atoms with van der Waals surface area (Å²) in [6.07, 6.45) is 0. The number of benzene rings is 3. The molecule has 0 radical (unpaired) electrons. The summed E-state index contributed by atoms with van der Waals surface area (Å²) in [5.41, 5.74) is 2.04. The van der Waals surface area contributed by atoms with Gasteiger partial charge in [0.1, 0.15) is 0 Å². The Balaban J connectivity index is 1.61. The number of aromatic nitrogens is 3. The van der Waals surface area contributed by atoms with Crippen LogP contribution in [0.15, 0.2) is 93.2 Å². The van der Waals surface area contributed by atoms with Gasteiger partial charge in [0.05, 0.1) is 26.9 Å². The first-order valence-electron chi connectivity index (χ1n) is 11.1. The van der Waals surface area contributed by atoms with Crippen LogP contribution in [0, 0.1) is 27.2 Å². The minimum atomic E-state index is -0.558. The number of nitro benzene ring substituents is 2. The molecule has 2 aromatic heterocycles. The van der Waals surface area contributed by atoms with Crippen molar-refractivity contribution in [2.24, 2.45) is 10.2 Å². The maximum absolute atomic E-state index is 13.5. The molecule has 2 heterocycles. The molecule has 0 aliphatic carbocycles. The van der Waals surface area contributed by atoms with E-state index in [4.69, 9.17) is 0 Å². The predicted molar refractivity (Wildman–Crippen MR) is 142 cm³/mol. The summed E-state index contributed by atoms with van der Waals surface area (Å²) < 4.78 is 1.22. The van der Waals surface area contributed by atoms with E-state index >= 15 is 0 Å². The average Bonchev–Trinajstić information content (AvgIpc) is 3.53. The predicted octanol–water partition coefficient (Wildman–Crippen LogP) is 6.50. The Morgan fingerprint density at radius 3 is 2.34 bits per heavy atom. The largest absolute Gasteiger partial charge is 0.301 e. The maximum Gasteiger partial charge on any atom is 0.301 e. The SMILES string of the molecule is Cc1ccc(N=Nc2c(-c3ccc([N+](=O)[O-])cc3)[nH]n(-c3nc(-c4ccccc4)cs3)c2=O)cc1[N+](=O)[O-]. The number of nitro groups is 2. The summed E-state index contributed by atoms with van der Waals surface area (Å²) >= 11 is 1.24. The van der Waals surface area contributed by atoms with Gasteiger partial charge in [-0.15, -0.1) is 16.5 Å². The minimum absolute atomic E-state index is 0.0847. The number of H-pyrrole nitrogens is 1. The fourth-order valence-electron chi connectivity index (χ4n) is 3.68. The molecule has 5 rings (SSSR count). The van der Waals surface area contributed by atoms with Gasteiger partial charge in [-0.3, -0.25) is 30.1 Å². The second-order valence-electron chi connectivity index (χ2n) is 8.09. The summed E-state index contributed by atoms with van der Waals surface area (Å²) in [6, 6.07) is 19.4. The van der Waals surface area contributed by atoms with Crippen LogP contribution < -0.4 is 5.56 Å². The molecule has 3 aromatic carbocycles. The molecule has 5 aromatic rings. The molecule has 0 spiro atoms. The lowest BCUT2D eigenvalue weighted by molar-refractivity contribution is -0.385. The maximum atomic E-state index is 13.5. The molecule has 0 unspecified atom stereocenters. The van der Waals surface area contributed by atoms with Gasteiger partial charge in [-0.1, -0.05) is 36.4 Å². The molecule has 0 aliphatic rings. The number of nitrogens with one attached hydrogen (secondary N) is 1. The van der Waals surface area contributed by atoms with Crippen LogP contribution in [0.5, 0.6) is 0 Å². The van der Waals surface area contributed by atoms with Crippen LogP contribution >= 0.6 is 11.3 Å². The summed E-state index contributed by atoms with van der Waals surface area (Å²) in [7, 11) is 0. The highest BCUT2D eigenvalue weighted by Crippen LogP contribution is 2.32. The zero-order chi connectivity index (χ0) is 26.8. The van der Waals surface area contributed by atoms with Crippen LogP contribution in [0.4, 0.5) is 22.7 Å². The molecule has 0 atom stereocenters. The van der Waals surface area contributed by atoms with E-state index in [0.717, 1.165) is 5.56 Å². The van der Waals surface area contributed by atoms with Crippen molar-refractivity contribution in [3.63, 3.8) is 0 Å². The van der Waals surface area contributed by atoms with Crippen molar-refractivity contribution in [3.05, 3.63) is 114 Å². The van der Waals surface area contributed by atoms with Crippen molar-refractivity contribution in [2.45, 2.75) is 6.92 Å². The van der Waals surface area contributed by atoms with Crippen LogP contribution in [-0.2, 0) is 0 Å². The number of nitrogens with zero attached hydrogens (tertiary/aromatic N) is 6. The average molecular weight is 528 g/mol. The van der Waals surface area contributed by atoms with Crippen LogP contribution in [0.25, 0.3) is 27.6 Å². The Bertz CT molecular complexity index is 1760. The van der Waals surface area contributed by atoms with E-state index in [-0.39, 0.29) is 28.4 Å². The van der Waals surface area contributed by atoms with Crippen LogP contribution in [0.3, 0.4) is 0 Å². The number of aryl methyl sites for hydroxylation is 1. The van der Waals surface area contributed by atoms with Gasteiger partial charge >= 0.3 is 5.56 Å². The molecule has 0 bridgehead atoms. The van der Waals surface area contributed by atoms with Crippen LogP contribution in [0.1, 0.15) is 5.56 Å². The molecule has 0 aliphatic heterocycles. The first-order valence-corrected chi connectivity index (χ1v) is 12.0. The van der Waals surface area contributed by atoms with Gasteiger partial charge in [-0.05, 0) is 25.1 Å². The number of aromatic amines is 1. The van der Waals surface area contributed by atoms with E-state index in [0.29, 0.717) is 22.0 Å². The van der Waals surface area contributed by atoms with E-state index in [1.54, 1.807) is 19.1 Å². The third-order valence-electron chi connectivity index (χ3n) is 5.64. The van der Waals surface area contributed by atoms with E-state index in [1.165, 1.54) is 46.4 Å². The monoisotopic (exact) mass is 527 g/mol. The zero-order valence-electron chi connectivity index (χ0n) is 19.6. The number of azo groups is 1. The lowest BCUT2D eigenvalue weighted by Gasteiger charge is -2.00. The Morgan fingerprint density at radius 2 is 1.66 bits per heavy atom. The fraction of sp³-hybridized carbons (Fsp3) is 0.0400. The Kier molecular flexibility index (Phi) is 6.41. The third kappa shape index (κ3) is 4.73. The van der Waals surface area contributed by atoms with Gasteiger partial charge in [0.2, 0.25) is 5.13 Å². The molecule has 38 heavy (non-hydrogen) atoms. The first kappa shape index (κ1) is 24.4. The molecule has 13 heteroatoms. The standard InChI is InChI=1S/C25H17N7O5S/c1-15-7-10-18(13-21(15)32(36)37)27-28-23-22(17-8-11-19(12-9-17)31(34)35)29-30(24(23)33)25-26-20(14-38-25)16-5-3-2-4-6-16/h2-14,29H,1H3. The van der Waals surface area contributed by atoms with E-state index in [9.17, 15) is 25.0 Å².